The minimum Gasteiger partial charge on any atom is -0.193 e. The number of hydrogen-bond acceptors (Lipinski definition) is 0. The van der Waals surface area contributed by atoms with Crippen molar-refractivity contribution in [2.75, 3.05) is 0 Å². The third kappa shape index (κ3) is 2.05. The van der Waals surface area contributed by atoms with Gasteiger partial charge >= 0.3 is 0 Å². The van der Waals surface area contributed by atoms with Crippen LogP contribution < -0.4 is 0 Å². The number of rotatable bonds is 1. The zero-order valence-electron chi connectivity index (χ0n) is 6.14. The van der Waals surface area contributed by atoms with Gasteiger partial charge < -0.3 is 0 Å². The molecule has 1 aromatic rings. The zero-order chi connectivity index (χ0) is 8.27. The smallest absolute Gasteiger partial charge is 0.192 e. The summed E-state index contributed by atoms with van der Waals surface area (Å²) < 4.78 is 12.4. The van der Waals surface area contributed by atoms with Gasteiger partial charge in [-0.2, -0.15) is 4.39 Å². The zero-order valence-corrected chi connectivity index (χ0v) is 6.90. The van der Waals surface area contributed by atoms with Crippen molar-refractivity contribution in [2.24, 2.45) is 0 Å². The molecule has 11 heavy (non-hydrogen) atoms. The van der Waals surface area contributed by atoms with Gasteiger partial charge in [0.25, 0.3) is 0 Å². The Labute approximate surface area is 70.3 Å². The summed E-state index contributed by atoms with van der Waals surface area (Å²) >= 11 is 5.18. The lowest BCUT2D eigenvalue weighted by Crippen LogP contribution is -1.77. The van der Waals surface area contributed by atoms with Gasteiger partial charge in [0, 0.05) is 5.57 Å². The van der Waals surface area contributed by atoms with Crippen LogP contribution in [0.5, 0.6) is 0 Å². The van der Waals surface area contributed by atoms with E-state index in [4.69, 9.17) is 11.6 Å². The Morgan fingerprint density at radius 2 is 1.82 bits per heavy atom. The maximum Gasteiger partial charge on any atom is 0.192 e. The molecular weight excluding hydrogens is 163 g/mol. The predicted molar refractivity (Wildman–Crippen MR) is 46.0 cm³/mol. The lowest BCUT2D eigenvalue weighted by Gasteiger charge is -1.98. The van der Waals surface area contributed by atoms with Crippen LogP contribution in [-0.4, -0.2) is 0 Å². The summed E-state index contributed by atoms with van der Waals surface area (Å²) in [5.74, 6) is 0. The number of hydrogen-bond donors (Lipinski definition) is 0. The van der Waals surface area contributed by atoms with Crippen LogP contribution in [0.15, 0.2) is 35.6 Å². The van der Waals surface area contributed by atoms with E-state index in [1.165, 1.54) is 0 Å². The van der Waals surface area contributed by atoms with Crippen LogP contribution in [0.2, 0.25) is 0 Å². The third-order valence-corrected chi connectivity index (χ3v) is 1.77. The molecule has 1 aromatic carbocycles. The second-order valence-electron chi connectivity index (χ2n) is 2.25. The molecule has 1 rings (SSSR count). The summed E-state index contributed by atoms with van der Waals surface area (Å²) in [6.45, 7) is 1.65. The molecule has 2 heteroatoms. The highest BCUT2D eigenvalue weighted by molar-refractivity contribution is 6.31. The SMILES string of the molecule is C/C(=C(/F)Cl)c1ccccc1. The van der Waals surface area contributed by atoms with Crippen LogP contribution in [-0.2, 0) is 0 Å². The minimum absolute atomic E-state index is 0.479. The second kappa shape index (κ2) is 3.54. The molecule has 0 aliphatic carbocycles. The van der Waals surface area contributed by atoms with Gasteiger partial charge in [-0.05, 0) is 12.5 Å². The summed E-state index contributed by atoms with van der Waals surface area (Å²) in [5.41, 5.74) is 1.30. The number of halogens is 2. The Balaban J connectivity index is 3.04. The standard InChI is InChI=1S/C9H8ClF/c1-7(9(10)11)8-5-3-2-4-6-8/h2-6H,1H3/b9-7-. The first kappa shape index (κ1) is 8.28. The molecule has 0 amide bonds. The van der Waals surface area contributed by atoms with Gasteiger partial charge in [0.05, 0.1) is 0 Å². The van der Waals surface area contributed by atoms with Gasteiger partial charge in [-0.15, -0.1) is 0 Å². The highest BCUT2D eigenvalue weighted by Gasteiger charge is 1.98. The summed E-state index contributed by atoms with van der Waals surface area (Å²) in [6.07, 6.45) is 0. The number of benzene rings is 1. The molecular formula is C9H8ClF. The van der Waals surface area contributed by atoms with Gasteiger partial charge in [-0.1, -0.05) is 41.9 Å². The first-order valence-corrected chi connectivity index (χ1v) is 3.67. The largest absolute Gasteiger partial charge is 0.193 e. The Bertz CT molecular complexity index is 260. The van der Waals surface area contributed by atoms with Crippen LogP contribution in [0.3, 0.4) is 0 Å². The fourth-order valence-corrected chi connectivity index (χ4v) is 0.906. The topological polar surface area (TPSA) is 0 Å². The van der Waals surface area contributed by atoms with Crippen molar-refractivity contribution in [3.63, 3.8) is 0 Å². The van der Waals surface area contributed by atoms with Gasteiger partial charge in [0.15, 0.2) is 5.29 Å². The first-order valence-electron chi connectivity index (χ1n) is 3.29. The lowest BCUT2D eigenvalue weighted by molar-refractivity contribution is 0.697. The summed E-state index contributed by atoms with van der Waals surface area (Å²) in [7, 11) is 0. The van der Waals surface area contributed by atoms with Crippen molar-refractivity contribution in [1.29, 1.82) is 0 Å². The third-order valence-electron chi connectivity index (χ3n) is 1.49. The van der Waals surface area contributed by atoms with Crippen molar-refractivity contribution in [3.8, 4) is 0 Å². The fourth-order valence-electron chi connectivity index (χ4n) is 0.797. The normalized spacial score (nSPS) is 12.6. The molecule has 0 N–H and O–H groups in total. The molecule has 0 bridgehead atoms. The van der Waals surface area contributed by atoms with Crippen LogP contribution in [0.25, 0.3) is 5.57 Å². The van der Waals surface area contributed by atoms with E-state index in [9.17, 15) is 4.39 Å². The highest BCUT2D eigenvalue weighted by atomic mass is 35.5. The van der Waals surface area contributed by atoms with E-state index in [0.29, 0.717) is 5.57 Å². The molecule has 0 aliphatic rings. The summed E-state index contributed by atoms with van der Waals surface area (Å²) in [5, 5.41) is -0.642. The molecule has 0 aromatic heterocycles. The Kier molecular flexibility index (Phi) is 2.66. The Morgan fingerprint density at radius 1 is 1.27 bits per heavy atom. The first-order chi connectivity index (χ1) is 5.22. The van der Waals surface area contributed by atoms with E-state index in [2.05, 4.69) is 0 Å². The molecule has 0 radical (unpaired) electrons. The minimum atomic E-state index is -0.642. The van der Waals surface area contributed by atoms with E-state index in [0.717, 1.165) is 5.56 Å². The molecule has 0 unspecified atom stereocenters. The molecule has 0 aliphatic heterocycles. The van der Waals surface area contributed by atoms with E-state index >= 15 is 0 Å². The van der Waals surface area contributed by atoms with E-state index in [1.54, 1.807) is 6.92 Å². The average molecular weight is 171 g/mol. The average Bonchev–Trinajstić information content (AvgIpc) is 2.05. The molecule has 0 spiro atoms. The number of allylic oxidation sites excluding steroid dienone is 1. The monoisotopic (exact) mass is 170 g/mol. The molecule has 0 saturated carbocycles. The van der Waals surface area contributed by atoms with E-state index in [1.807, 2.05) is 30.3 Å². The predicted octanol–water partition coefficient (Wildman–Crippen LogP) is 3.58. The van der Waals surface area contributed by atoms with Crippen molar-refractivity contribution < 1.29 is 4.39 Å². The summed E-state index contributed by atoms with van der Waals surface area (Å²) in [6, 6.07) is 9.20. The van der Waals surface area contributed by atoms with Crippen LogP contribution in [0.1, 0.15) is 12.5 Å². The van der Waals surface area contributed by atoms with Crippen molar-refractivity contribution in [3.05, 3.63) is 41.2 Å². The fraction of sp³-hybridized carbons (Fsp3) is 0.111. The molecule has 0 nitrogen and oxygen atoms in total. The van der Waals surface area contributed by atoms with Gasteiger partial charge in [-0.3, -0.25) is 0 Å². The second-order valence-corrected chi connectivity index (χ2v) is 2.58. The molecule has 0 fully saturated rings. The van der Waals surface area contributed by atoms with Crippen molar-refractivity contribution >= 4 is 17.2 Å². The molecule has 0 heterocycles. The van der Waals surface area contributed by atoms with Crippen molar-refractivity contribution in [1.82, 2.24) is 0 Å². The lowest BCUT2D eigenvalue weighted by atomic mass is 10.1. The van der Waals surface area contributed by atoms with Crippen molar-refractivity contribution in [2.45, 2.75) is 6.92 Å². The maximum atomic E-state index is 12.4. The van der Waals surface area contributed by atoms with Gasteiger partial charge in [-0.25, -0.2) is 0 Å². The Hall–Kier alpha value is -0.820. The van der Waals surface area contributed by atoms with Gasteiger partial charge in [0.2, 0.25) is 0 Å². The highest BCUT2D eigenvalue weighted by Crippen LogP contribution is 2.20. The quantitative estimate of drug-likeness (QED) is 0.604. The Morgan fingerprint density at radius 3 is 2.27 bits per heavy atom. The summed E-state index contributed by atoms with van der Waals surface area (Å²) in [4.78, 5) is 0. The van der Waals surface area contributed by atoms with Crippen LogP contribution in [0.4, 0.5) is 4.39 Å². The molecule has 0 saturated heterocycles. The maximum absolute atomic E-state index is 12.4. The molecule has 58 valence electrons. The van der Waals surface area contributed by atoms with Crippen LogP contribution in [0, 0.1) is 0 Å². The molecule has 0 atom stereocenters. The van der Waals surface area contributed by atoms with E-state index < -0.39 is 5.29 Å². The van der Waals surface area contributed by atoms with E-state index in [-0.39, 0.29) is 0 Å². The van der Waals surface area contributed by atoms with Crippen LogP contribution >= 0.6 is 11.6 Å². The van der Waals surface area contributed by atoms with Gasteiger partial charge in [0.1, 0.15) is 0 Å².